The van der Waals surface area contributed by atoms with Crippen molar-refractivity contribution in [3.05, 3.63) is 76.5 Å². The summed E-state index contributed by atoms with van der Waals surface area (Å²) in [5, 5.41) is 6.63. The average molecular weight is 468 g/mol. The van der Waals surface area contributed by atoms with E-state index in [0.717, 1.165) is 16.8 Å². The van der Waals surface area contributed by atoms with Crippen LogP contribution in [0.4, 0.5) is 5.13 Å². The van der Waals surface area contributed by atoms with Crippen LogP contribution in [0.15, 0.2) is 65.4 Å². The number of aryl methyl sites for hydroxylation is 1. The van der Waals surface area contributed by atoms with Gasteiger partial charge in [0.05, 0.1) is 5.69 Å². The van der Waals surface area contributed by atoms with Crippen molar-refractivity contribution in [2.24, 2.45) is 5.92 Å². The van der Waals surface area contributed by atoms with E-state index in [0.29, 0.717) is 31.1 Å². The molecule has 166 valence electrons. The van der Waals surface area contributed by atoms with Crippen LogP contribution in [0, 0.1) is 12.8 Å². The Morgan fingerprint density at radius 2 is 1.78 bits per heavy atom. The van der Waals surface area contributed by atoms with Crippen molar-refractivity contribution in [3.63, 3.8) is 0 Å². The van der Waals surface area contributed by atoms with Gasteiger partial charge >= 0.3 is 0 Å². The Hall–Kier alpha value is -2.81. The second-order valence-corrected chi connectivity index (χ2v) is 10.5. The van der Waals surface area contributed by atoms with Crippen LogP contribution in [-0.4, -0.2) is 36.7 Å². The van der Waals surface area contributed by atoms with Crippen molar-refractivity contribution < 1.29 is 13.2 Å². The largest absolute Gasteiger partial charge is 0.302 e. The van der Waals surface area contributed by atoms with Crippen molar-refractivity contribution >= 4 is 38.5 Å². The summed E-state index contributed by atoms with van der Waals surface area (Å²) in [5.74, 6) is -0.335. The second kappa shape index (κ2) is 9.77. The van der Waals surface area contributed by atoms with E-state index in [1.165, 1.54) is 26.6 Å². The zero-order chi connectivity index (χ0) is 22.6. The predicted octanol–water partition coefficient (Wildman–Crippen LogP) is 4.77. The summed E-state index contributed by atoms with van der Waals surface area (Å²) < 4.78 is 26.7. The molecule has 32 heavy (non-hydrogen) atoms. The predicted molar refractivity (Wildman–Crippen MR) is 130 cm³/mol. The Morgan fingerprint density at radius 3 is 2.47 bits per heavy atom. The molecule has 1 aliphatic heterocycles. The fraction of sp³-hybridized carbons (Fsp3) is 0.250. The number of aromatic nitrogens is 1. The third-order valence-electron chi connectivity index (χ3n) is 5.50. The van der Waals surface area contributed by atoms with Gasteiger partial charge in [0.25, 0.3) is 0 Å². The Morgan fingerprint density at radius 1 is 1.09 bits per heavy atom. The molecule has 1 N–H and O–H groups in total. The quantitative estimate of drug-likeness (QED) is 0.566. The van der Waals surface area contributed by atoms with Crippen LogP contribution < -0.4 is 5.32 Å². The van der Waals surface area contributed by atoms with Crippen LogP contribution in [0.2, 0.25) is 0 Å². The number of carbonyl (C=O) groups excluding carboxylic acids is 1. The Balaban J connectivity index is 1.32. The molecule has 1 saturated heterocycles. The van der Waals surface area contributed by atoms with Gasteiger partial charge in [0, 0.05) is 35.4 Å². The fourth-order valence-corrected chi connectivity index (χ4v) is 5.53. The first-order chi connectivity index (χ1) is 15.4. The number of benzene rings is 2. The molecule has 0 radical (unpaired) electrons. The van der Waals surface area contributed by atoms with Gasteiger partial charge in [-0.05, 0) is 31.4 Å². The van der Waals surface area contributed by atoms with E-state index in [1.807, 2.05) is 66.9 Å². The lowest BCUT2D eigenvalue weighted by molar-refractivity contribution is -0.120. The van der Waals surface area contributed by atoms with Crippen LogP contribution in [0.1, 0.15) is 24.0 Å². The summed E-state index contributed by atoms with van der Waals surface area (Å²) in [7, 11) is -3.51. The fourth-order valence-electron chi connectivity index (χ4n) is 3.58. The van der Waals surface area contributed by atoms with E-state index in [9.17, 15) is 13.2 Å². The summed E-state index contributed by atoms with van der Waals surface area (Å²) in [6, 6.07) is 17.4. The van der Waals surface area contributed by atoms with Crippen LogP contribution in [0.25, 0.3) is 17.3 Å². The van der Waals surface area contributed by atoms with Gasteiger partial charge in [-0.1, -0.05) is 60.2 Å². The van der Waals surface area contributed by atoms with Crippen LogP contribution in [0.5, 0.6) is 0 Å². The van der Waals surface area contributed by atoms with Crippen molar-refractivity contribution in [3.8, 4) is 11.3 Å². The van der Waals surface area contributed by atoms with Crippen LogP contribution in [0.3, 0.4) is 0 Å². The van der Waals surface area contributed by atoms with Gasteiger partial charge in [0.15, 0.2) is 5.13 Å². The molecule has 0 aliphatic carbocycles. The van der Waals surface area contributed by atoms with Crippen molar-refractivity contribution in [1.82, 2.24) is 9.29 Å². The number of anilines is 1. The lowest BCUT2D eigenvalue weighted by Gasteiger charge is -2.29. The van der Waals surface area contributed by atoms with E-state index in [1.54, 1.807) is 6.08 Å². The zero-order valence-corrected chi connectivity index (χ0v) is 19.4. The van der Waals surface area contributed by atoms with Crippen molar-refractivity contribution in [1.29, 1.82) is 0 Å². The maximum atomic E-state index is 12.7. The molecule has 4 rings (SSSR count). The number of hydrogen-bond donors (Lipinski definition) is 1. The molecule has 0 unspecified atom stereocenters. The van der Waals surface area contributed by atoms with Gasteiger partial charge in [0.1, 0.15) is 0 Å². The highest BCUT2D eigenvalue weighted by molar-refractivity contribution is 7.92. The van der Waals surface area contributed by atoms with Crippen molar-refractivity contribution in [2.45, 2.75) is 19.8 Å². The third kappa shape index (κ3) is 5.51. The number of hydrogen-bond acceptors (Lipinski definition) is 5. The molecule has 0 spiro atoms. The first-order valence-corrected chi connectivity index (χ1v) is 12.9. The molecule has 1 amide bonds. The van der Waals surface area contributed by atoms with Gasteiger partial charge in [-0.15, -0.1) is 11.3 Å². The standard InChI is InChI=1S/C24H25N3O3S2/c1-18-7-9-20(10-8-18)22-17-31-24(25-22)26-23(28)21-11-14-27(15-12-21)32(29,30)16-13-19-5-3-2-4-6-19/h2-10,13,16-17,21H,11-12,14-15H2,1H3,(H,25,26,28)/b16-13+. The Bertz CT molecular complexity index is 1190. The minimum Gasteiger partial charge on any atom is -0.302 e. The highest BCUT2D eigenvalue weighted by Crippen LogP contribution is 2.27. The molecule has 2 aromatic carbocycles. The lowest BCUT2D eigenvalue weighted by atomic mass is 9.97. The maximum absolute atomic E-state index is 12.7. The molecular formula is C24H25N3O3S2. The number of amides is 1. The number of nitrogens with zero attached hydrogens (tertiary/aromatic N) is 2. The molecule has 0 saturated carbocycles. The molecule has 1 fully saturated rings. The molecule has 3 aromatic rings. The SMILES string of the molecule is Cc1ccc(-c2csc(NC(=O)C3CCN(S(=O)(=O)/C=C/c4ccccc4)CC3)n2)cc1. The third-order valence-corrected chi connectivity index (χ3v) is 7.82. The number of rotatable bonds is 6. The van der Waals surface area contributed by atoms with Gasteiger partial charge in [-0.25, -0.2) is 13.4 Å². The van der Waals surface area contributed by atoms with Gasteiger partial charge in [-0.2, -0.15) is 4.31 Å². The molecule has 8 heteroatoms. The molecule has 1 aliphatic rings. The molecule has 0 atom stereocenters. The van der Waals surface area contributed by atoms with E-state index < -0.39 is 10.0 Å². The van der Waals surface area contributed by atoms with Gasteiger partial charge in [-0.3, -0.25) is 4.79 Å². The number of sulfonamides is 1. The average Bonchev–Trinajstić information content (AvgIpc) is 3.27. The summed E-state index contributed by atoms with van der Waals surface area (Å²) in [6.07, 6.45) is 2.57. The Kier molecular flexibility index (Phi) is 6.83. The summed E-state index contributed by atoms with van der Waals surface area (Å²) in [6.45, 7) is 2.69. The topological polar surface area (TPSA) is 79.4 Å². The van der Waals surface area contributed by atoms with E-state index in [-0.39, 0.29) is 11.8 Å². The lowest BCUT2D eigenvalue weighted by Crippen LogP contribution is -2.40. The number of carbonyl (C=O) groups is 1. The zero-order valence-electron chi connectivity index (χ0n) is 17.8. The molecule has 1 aromatic heterocycles. The highest BCUT2D eigenvalue weighted by Gasteiger charge is 2.30. The smallest absolute Gasteiger partial charge is 0.236 e. The van der Waals surface area contributed by atoms with Crippen LogP contribution in [-0.2, 0) is 14.8 Å². The normalized spacial score (nSPS) is 15.8. The monoisotopic (exact) mass is 467 g/mol. The van der Waals surface area contributed by atoms with Crippen LogP contribution >= 0.6 is 11.3 Å². The first kappa shape index (κ1) is 22.4. The minimum absolute atomic E-state index is 0.105. The number of thiazole rings is 1. The summed E-state index contributed by atoms with van der Waals surface area (Å²) >= 11 is 1.39. The number of nitrogens with one attached hydrogen (secondary N) is 1. The summed E-state index contributed by atoms with van der Waals surface area (Å²) in [4.78, 5) is 17.2. The second-order valence-electron chi connectivity index (χ2n) is 7.82. The molecule has 0 bridgehead atoms. The van der Waals surface area contributed by atoms with E-state index in [4.69, 9.17) is 0 Å². The van der Waals surface area contributed by atoms with Gasteiger partial charge in [0.2, 0.25) is 15.9 Å². The molecule has 2 heterocycles. The maximum Gasteiger partial charge on any atom is 0.236 e. The van der Waals surface area contributed by atoms with Gasteiger partial charge < -0.3 is 5.32 Å². The van der Waals surface area contributed by atoms with E-state index in [2.05, 4.69) is 10.3 Å². The summed E-state index contributed by atoms with van der Waals surface area (Å²) in [5.41, 5.74) is 3.85. The van der Waals surface area contributed by atoms with Crippen molar-refractivity contribution in [2.75, 3.05) is 18.4 Å². The highest BCUT2D eigenvalue weighted by atomic mass is 32.2. The molecular weight excluding hydrogens is 442 g/mol. The van der Waals surface area contributed by atoms with E-state index >= 15 is 0 Å². The first-order valence-electron chi connectivity index (χ1n) is 10.5. The number of piperidine rings is 1. The Labute approximate surface area is 192 Å². The minimum atomic E-state index is -3.51. The molecule has 6 nitrogen and oxygen atoms in total.